The van der Waals surface area contributed by atoms with Crippen molar-refractivity contribution in [3.05, 3.63) is 47.3 Å². The van der Waals surface area contributed by atoms with Crippen LogP contribution in [0.1, 0.15) is 21.8 Å². The predicted molar refractivity (Wildman–Crippen MR) is 66.1 cm³/mol. The van der Waals surface area contributed by atoms with Crippen molar-refractivity contribution in [1.82, 2.24) is 10.5 Å². The van der Waals surface area contributed by atoms with Crippen molar-refractivity contribution < 1.29 is 9.32 Å². The minimum atomic E-state index is -0.146. The first-order chi connectivity index (χ1) is 8.15. The number of aromatic nitrogens is 1. The molecule has 0 spiro atoms. The van der Waals surface area contributed by atoms with Crippen molar-refractivity contribution in [1.29, 1.82) is 0 Å². The van der Waals surface area contributed by atoms with Crippen LogP contribution in [0.15, 0.2) is 39.8 Å². The van der Waals surface area contributed by atoms with Crippen molar-refractivity contribution in [2.75, 3.05) is 0 Å². The van der Waals surface area contributed by atoms with Gasteiger partial charge < -0.3 is 9.84 Å². The van der Waals surface area contributed by atoms with Crippen molar-refractivity contribution in [3.63, 3.8) is 0 Å². The fourth-order valence-electron chi connectivity index (χ4n) is 1.38. The zero-order valence-corrected chi connectivity index (χ0v) is 10.2. The lowest BCUT2D eigenvalue weighted by Crippen LogP contribution is -2.22. The van der Waals surface area contributed by atoms with Crippen LogP contribution in [0.25, 0.3) is 0 Å². The zero-order chi connectivity index (χ0) is 12.3. The van der Waals surface area contributed by atoms with Crippen LogP contribution in [0.5, 0.6) is 0 Å². The first kappa shape index (κ1) is 11.7. The number of benzene rings is 1. The van der Waals surface area contributed by atoms with Crippen LogP contribution in [-0.4, -0.2) is 11.1 Å². The number of aryl methyl sites for hydroxylation is 1. The number of rotatable bonds is 3. The van der Waals surface area contributed by atoms with Gasteiger partial charge >= 0.3 is 0 Å². The molecule has 1 N–H and O–H groups in total. The number of nitrogens with zero attached hydrogens (tertiary/aromatic N) is 1. The standard InChI is InChI=1S/C12H12N2O2S/c1-8-6-10(16-14-8)7-13-12(15)9-2-4-11(17)5-3-9/h2-6,17H,7H2,1H3,(H,13,15). The first-order valence-electron chi connectivity index (χ1n) is 5.14. The van der Waals surface area contributed by atoms with E-state index >= 15 is 0 Å². The second-order valence-electron chi connectivity index (χ2n) is 3.66. The average molecular weight is 248 g/mol. The number of carbonyl (C=O) groups is 1. The van der Waals surface area contributed by atoms with Crippen molar-refractivity contribution in [2.24, 2.45) is 0 Å². The Hall–Kier alpha value is -1.75. The van der Waals surface area contributed by atoms with E-state index in [0.717, 1.165) is 10.6 Å². The third kappa shape index (κ3) is 3.10. The summed E-state index contributed by atoms with van der Waals surface area (Å²) in [6, 6.07) is 8.79. The van der Waals surface area contributed by atoms with Gasteiger partial charge in [-0.15, -0.1) is 12.6 Å². The molecule has 88 valence electrons. The van der Waals surface area contributed by atoms with Crippen molar-refractivity contribution in [3.8, 4) is 0 Å². The van der Waals surface area contributed by atoms with Gasteiger partial charge in [0.05, 0.1) is 12.2 Å². The van der Waals surface area contributed by atoms with Crippen molar-refractivity contribution in [2.45, 2.75) is 18.4 Å². The van der Waals surface area contributed by atoms with Gasteiger partial charge in [-0.2, -0.15) is 0 Å². The molecule has 4 nitrogen and oxygen atoms in total. The molecule has 0 fully saturated rings. The van der Waals surface area contributed by atoms with E-state index in [1.54, 1.807) is 30.3 Å². The average Bonchev–Trinajstić information content (AvgIpc) is 2.73. The molecule has 1 aromatic heterocycles. The largest absolute Gasteiger partial charge is 0.359 e. The Morgan fingerprint density at radius 1 is 1.41 bits per heavy atom. The third-order valence-corrected chi connectivity index (χ3v) is 2.53. The molecule has 0 radical (unpaired) electrons. The van der Waals surface area contributed by atoms with E-state index in [0.29, 0.717) is 17.9 Å². The zero-order valence-electron chi connectivity index (χ0n) is 9.30. The van der Waals surface area contributed by atoms with Gasteiger partial charge in [0.25, 0.3) is 5.91 Å². The number of amides is 1. The molecular formula is C12H12N2O2S. The van der Waals surface area contributed by atoms with Crippen LogP contribution in [0, 0.1) is 6.92 Å². The molecule has 0 aliphatic rings. The highest BCUT2D eigenvalue weighted by atomic mass is 32.1. The molecule has 0 saturated heterocycles. The highest BCUT2D eigenvalue weighted by Crippen LogP contribution is 2.08. The smallest absolute Gasteiger partial charge is 0.251 e. The van der Waals surface area contributed by atoms with Crippen molar-refractivity contribution >= 4 is 18.5 Å². The Balaban J connectivity index is 1.95. The Bertz CT molecular complexity index is 520. The van der Waals surface area contributed by atoms with Gasteiger partial charge in [-0.3, -0.25) is 4.79 Å². The van der Waals surface area contributed by atoms with Gasteiger partial charge in [0.2, 0.25) is 0 Å². The maximum Gasteiger partial charge on any atom is 0.251 e. The van der Waals surface area contributed by atoms with Crippen LogP contribution in [-0.2, 0) is 6.54 Å². The molecule has 1 aromatic carbocycles. The molecule has 0 bridgehead atoms. The molecule has 0 aliphatic carbocycles. The van der Waals surface area contributed by atoms with Crippen LogP contribution < -0.4 is 5.32 Å². The Kier molecular flexibility index (Phi) is 3.49. The third-order valence-electron chi connectivity index (χ3n) is 2.23. The van der Waals surface area contributed by atoms with E-state index in [2.05, 4.69) is 23.1 Å². The summed E-state index contributed by atoms with van der Waals surface area (Å²) in [5.74, 6) is 0.494. The van der Waals surface area contributed by atoms with Crippen LogP contribution in [0.4, 0.5) is 0 Å². The molecular weight excluding hydrogens is 236 g/mol. The van der Waals surface area contributed by atoms with E-state index in [1.165, 1.54) is 0 Å². The molecule has 0 atom stereocenters. The number of thiol groups is 1. The lowest BCUT2D eigenvalue weighted by Gasteiger charge is -2.02. The van der Waals surface area contributed by atoms with E-state index in [9.17, 15) is 4.79 Å². The Morgan fingerprint density at radius 3 is 2.71 bits per heavy atom. The van der Waals surface area contributed by atoms with Gasteiger partial charge in [0.15, 0.2) is 5.76 Å². The van der Waals surface area contributed by atoms with Gasteiger partial charge in [-0.25, -0.2) is 0 Å². The highest BCUT2D eigenvalue weighted by molar-refractivity contribution is 7.80. The summed E-state index contributed by atoms with van der Waals surface area (Å²) < 4.78 is 4.99. The Labute approximate surface area is 104 Å². The normalized spacial score (nSPS) is 10.2. The minimum absolute atomic E-state index is 0.146. The van der Waals surface area contributed by atoms with Crippen LogP contribution in [0.3, 0.4) is 0 Å². The molecule has 0 aliphatic heterocycles. The van der Waals surface area contributed by atoms with E-state index in [-0.39, 0.29) is 5.91 Å². The molecule has 2 rings (SSSR count). The quantitative estimate of drug-likeness (QED) is 0.819. The molecule has 5 heteroatoms. The minimum Gasteiger partial charge on any atom is -0.359 e. The summed E-state index contributed by atoms with van der Waals surface area (Å²) >= 11 is 4.16. The summed E-state index contributed by atoms with van der Waals surface area (Å²) in [6.45, 7) is 2.17. The predicted octanol–water partition coefficient (Wildman–Crippen LogP) is 2.20. The number of nitrogens with one attached hydrogen (secondary N) is 1. The molecule has 1 heterocycles. The molecule has 17 heavy (non-hydrogen) atoms. The van der Waals surface area contributed by atoms with E-state index in [4.69, 9.17) is 4.52 Å². The molecule has 1 amide bonds. The fraction of sp³-hybridized carbons (Fsp3) is 0.167. The maximum absolute atomic E-state index is 11.7. The molecule has 2 aromatic rings. The molecule has 0 unspecified atom stereocenters. The second-order valence-corrected chi connectivity index (χ2v) is 4.18. The highest BCUT2D eigenvalue weighted by Gasteiger charge is 2.06. The van der Waals surface area contributed by atoms with Crippen LogP contribution in [0.2, 0.25) is 0 Å². The van der Waals surface area contributed by atoms with E-state index in [1.807, 2.05) is 6.92 Å². The number of carbonyl (C=O) groups excluding carboxylic acids is 1. The van der Waals surface area contributed by atoms with Gasteiger partial charge in [0, 0.05) is 16.5 Å². The van der Waals surface area contributed by atoms with Gasteiger partial charge in [-0.05, 0) is 31.2 Å². The fourth-order valence-corrected chi connectivity index (χ4v) is 1.53. The second kappa shape index (κ2) is 5.05. The van der Waals surface area contributed by atoms with E-state index < -0.39 is 0 Å². The maximum atomic E-state index is 11.7. The summed E-state index contributed by atoms with van der Waals surface area (Å²) in [4.78, 5) is 12.6. The summed E-state index contributed by atoms with van der Waals surface area (Å²) in [5, 5.41) is 6.49. The monoisotopic (exact) mass is 248 g/mol. The first-order valence-corrected chi connectivity index (χ1v) is 5.59. The summed E-state index contributed by atoms with van der Waals surface area (Å²) in [5.41, 5.74) is 1.40. The van der Waals surface area contributed by atoms with Gasteiger partial charge in [0.1, 0.15) is 0 Å². The summed E-state index contributed by atoms with van der Waals surface area (Å²) in [6.07, 6.45) is 0. The SMILES string of the molecule is Cc1cc(CNC(=O)c2ccc(S)cc2)on1. The number of hydrogen-bond acceptors (Lipinski definition) is 4. The number of hydrogen-bond donors (Lipinski definition) is 2. The van der Waals surface area contributed by atoms with Crippen LogP contribution >= 0.6 is 12.6 Å². The lowest BCUT2D eigenvalue weighted by atomic mass is 10.2. The van der Waals surface area contributed by atoms with Gasteiger partial charge in [-0.1, -0.05) is 5.16 Å². The lowest BCUT2D eigenvalue weighted by molar-refractivity contribution is 0.0947. The topological polar surface area (TPSA) is 55.1 Å². The Morgan fingerprint density at radius 2 is 2.12 bits per heavy atom. The molecule has 0 saturated carbocycles. The summed E-state index contributed by atoms with van der Waals surface area (Å²) in [7, 11) is 0.